The molecule has 3 heterocycles. The number of likely N-dealkylation sites (tertiary alicyclic amines) is 1. The Labute approximate surface area is 133 Å². The smallest absolute Gasteiger partial charge is 0.148 e. The Morgan fingerprint density at radius 3 is 2.52 bits per heavy atom. The van der Waals surface area contributed by atoms with Crippen LogP contribution in [-0.2, 0) is 6.54 Å². The van der Waals surface area contributed by atoms with Crippen molar-refractivity contribution in [3.8, 4) is 0 Å². The van der Waals surface area contributed by atoms with Gasteiger partial charge in [-0.1, -0.05) is 0 Å². The highest BCUT2D eigenvalue weighted by Crippen LogP contribution is 2.19. The zero-order valence-electron chi connectivity index (χ0n) is 13.0. The van der Waals surface area contributed by atoms with Gasteiger partial charge in [0.25, 0.3) is 0 Å². The van der Waals surface area contributed by atoms with E-state index in [1.54, 1.807) is 6.33 Å². The minimum absolute atomic E-state index is 0.0952. The first-order valence-electron chi connectivity index (χ1n) is 7.67. The Hall–Kier alpha value is -2.15. The lowest BCUT2D eigenvalue weighted by Crippen LogP contribution is -2.39. The summed E-state index contributed by atoms with van der Waals surface area (Å²) in [5.74, 6) is -0.342. The summed E-state index contributed by atoms with van der Waals surface area (Å²) in [5, 5.41) is 3.39. The van der Waals surface area contributed by atoms with E-state index in [9.17, 15) is 8.78 Å². The summed E-state index contributed by atoms with van der Waals surface area (Å²) in [6.07, 6.45) is 5.46. The molecule has 122 valence electrons. The van der Waals surface area contributed by atoms with Crippen molar-refractivity contribution in [2.45, 2.75) is 32.4 Å². The molecule has 7 heteroatoms. The van der Waals surface area contributed by atoms with Crippen molar-refractivity contribution in [3.05, 3.63) is 47.7 Å². The Bertz CT molecular complexity index is 651. The second-order valence-corrected chi connectivity index (χ2v) is 5.82. The fourth-order valence-corrected chi connectivity index (χ4v) is 2.79. The van der Waals surface area contributed by atoms with Crippen LogP contribution in [0.5, 0.6) is 0 Å². The third-order valence-corrected chi connectivity index (χ3v) is 4.08. The molecule has 2 aromatic heterocycles. The van der Waals surface area contributed by atoms with E-state index in [0.29, 0.717) is 6.04 Å². The van der Waals surface area contributed by atoms with Gasteiger partial charge in [-0.2, -0.15) is 0 Å². The summed E-state index contributed by atoms with van der Waals surface area (Å²) >= 11 is 0. The van der Waals surface area contributed by atoms with Gasteiger partial charge in [0.15, 0.2) is 0 Å². The van der Waals surface area contributed by atoms with E-state index < -0.39 is 11.6 Å². The second-order valence-electron chi connectivity index (χ2n) is 5.82. The Morgan fingerprint density at radius 2 is 1.87 bits per heavy atom. The lowest BCUT2D eigenvalue weighted by Gasteiger charge is -2.32. The van der Waals surface area contributed by atoms with Gasteiger partial charge in [0.05, 0.1) is 12.4 Å². The number of aryl methyl sites for hydroxylation is 1. The molecule has 0 spiro atoms. The summed E-state index contributed by atoms with van der Waals surface area (Å²) in [4.78, 5) is 13.8. The topological polar surface area (TPSA) is 53.9 Å². The number of nitrogens with zero attached hydrogens (tertiary/aromatic N) is 4. The van der Waals surface area contributed by atoms with Crippen LogP contribution in [0, 0.1) is 18.6 Å². The van der Waals surface area contributed by atoms with Crippen molar-refractivity contribution in [1.29, 1.82) is 0 Å². The molecule has 0 unspecified atom stereocenters. The lowest BCUT2D eigenvalue weighted by atomic mass is 10.0. The SMILES string of the molecule is Cc1cc(NC2CCN(Cc3c(F)cncc3F)CC2)ncn1. The maximum absolute atomic E-state index is 13.7. The summed E-state index contributed by atoms with van der Waals surface area (Å²) in [6, 6.07) is 2.22. The Balaban J connectivity index is 1.54. The number of nitrogens with one attached hydrogen (secondary N) is 1. The zero-order chi connectivity index (χ0) is 16.2. The van der Waals surface area contributed by atoms with Gasteiger partial charge >= 0.3 is 0 Å². The van der Waals surface area contributed by atoms with Crippen molar-refractivity contribution in [2.24, 2.45) is 0 Å². The molecular weight excluding hydrogens is 300 g/mol. The van der Waals surface area contributed by atoms with Gasteiger partial charge in [-0.05, 0) is 19.8 Å². The number of pyridine rings is 1. The van der Waals surface area contributed by atoms with E-state index in [1.807, 2.05) is 13.0 Å². The van der Waals surface area contributed by atoms with Crippen LogP contribution < -0.4 is 5.32 Å². The van der Waals surface area contributed by atoms with Crippen LogP contribution in [0.15, 0.2) is 24.8 Å². The minimum Gasteiger partial charge on any atom is -0.367 e. The number of hydrogen-bond donors (Lipinski definition) is 1. The molecular formula is C16H19F2N5. The van der Waals surface area contributed by atoms with Crippen molar-refractivity contribution in [2.75, 3.05) is 18.4 Å². The van der Waals surface area contributed by atoms with Crippen LogP contribution >= 0.6 is 0 Å². The van der Waals surface area contributed by atoms with Gasteiger partial charge in [-0.25, -0.2) is 18.7 Å². The van der Waals surface area contributed by atoms with E-state index in [0.717, 1.165) is 49.8 Å². The van der Waals surface area contributed by atoms with E-state index >= 15 is 0 Å². The average molecular weight is 319 g/mol. The van der Waals surface area contributed by atoms with Crippen LogP contribution in [0.2, 0.25) is 0 Å². The Kier molecular flexibility index (Phi) is 4.76. The first-order valence-corrected chi connectivity index (χ1v) is 7.67. The molecule has 0 amide bonds. The normalized spacial score (nSPS) is 16.5. The summed E-state index contributed by atoms with van der Waals surface area (Å²) < 4.78 is 27.3. The number of piperidine rings is 1. The number of aromatic nitrogens is 3. The molecule has 3 rings (SSSR count). The fourth-order valence-electron chi connectivity index (χ4n) is 2.79. The van der Waals surface area contributed by atoms with Crippen LogP contribution in [0.1, 0.15) is 24.1 Å². The monoisotopic (exact) mass is 319 g/mol. The highest BCUT2D eigenvalue weighted by atomic mass is 19.1. The number of rotatable bonds is 4. The summed E-state index contributed by atoms with van der Waals surface area (Å²) in [5.41, 5.74) is 1.02. The number of anilines is 1. The minimum atomic E-state index is -0.582. The molecule has 23 heavy (non-hydrogen) atoms. The number of halogens is 2. The van der Waals surface area contributed by atoms with Gasteiger partial charge < -0.3 is 5.32 Å². The largest absolute Gasteiger partial charge is 0.367 e. The predicted molar refractivity (Wildman–Crippen MR) is 82.8 cm³/mol. The van der Waals surface area contributed by atoms with Crippen LogP contribution in [0.25, 0.3) is 0 Å². The molecule has 0 atom stereocenters. The van der Waals surface area contributed by atoms with Crippen molar-refractivity contribution in [3.63, 3.8) is 0 Å². The first kappa shape index (κ1) is 15.7. The lowest BCUT2D eigenvalue weighted by molar-refractivity contribution is 0.206. The maximum Gasteiger partial charge on any atom is 0.148 e. The van der Waals surface area contributed by atoms with Crippen molar-refractivity contribution < 1.29 is 8.78 Å². The third kappa shape index (κ3) is 3.98. The molecule has 1 saturated heterocycles. The van der Waals surface area contributed by atoms with Crippen LogP contribution in [0.3, 0.4) is 0 Å². The van der Waals surface area contributed by atoms with Crippen LogP contribution in [0.4, 0.5) is 14.6 Å². The average Bonchev–Trinajstić information content (AvgIpc) is 2.53. The predicted octanol–water partition coefficient (Wildman–Crippen LogP) is 2.53. The quantitative estimate of drug-likeness (QED) is 0.938. The Morgan fingerprint density at radius 1 is 1.17 bits per heavy atom. The molecule has 2 aromatic rings. The van der Waals surface area contributed by atoms with E-state index in [1.165, 1.54) is 0 Å². The van der Waals surface area contributed by atoms with Gasteiger partial charge in [0.1, 0.15) is 23.8 Å². The first-order chi connectivity index (χ1) is 11.1. The van der Waals surface area contributed by atoms with Gasteiger partial charge in [-0.3, -0.25) is 9.88 Å². The third-order valence-electron chi connectivity index (χ3n) is 4.08. The summed E-state index contributed by atoms with van der Waals surface area (Å²) in [6.45, 7) is 3.76. The second kappa shape index (κ2) is 6.95. The molecule has 1 aliphatic heterocycles. The fraction of sp³-hybridized carbons (Fsp3) is 0.438. The summed E-state index contributed by atoms with van der Waals surface area (Å²) in [7, 11) is 0. The molecule has 1 aliphatic rings. The standard InChI is InChI=1S/C16H19F2N5/c1-11-6-16(21-10-20-11)22-12-2-4-23(5-3-12)9-13-14(17)7-19-8-15(13)18/h6-8,10,12H,2-5,9H2,1H3,(H,20,21,22). The highest BCUT2D eigenvalue weighted by Gasteiger charge is 2.21. The molecule has 0 aliphatic carbocycles. The van der Waals surface area contributed by atoms with Crippen LogP contribution in [-0.4, -0.2) is 39.0 Å². The molecule has 5 nitrogen and oxygen atoms in total. The van der Waals surface area contributed by atoms with Crippen molar-refractivity contribution in [1.82, 2.24) is 19.9 Å². The van der Waals surface area contributed by atoms with E-state index in [4.69, 9.17) is 0 Å². The molecule has 0 bridgehead atoms. The molecule has 0 radical (unpaired) electrons. The molecule has 0 saturated carbocycles. The maximum atomic E-state index is 13.7. The molecule has 0 aromatic carbocycles. The van der Waals surface area contributed by atoms with E-state index in [2.05, 4.69) is 25.2 Å². The number of hydrogen-bond acceptors (Lipinski definition) is 5. The molecule has 1 fully saturated rings. The van der Waals surface area contributed by atoms with Gasteiger partial charge in [0, 0.05) is 43.0 Å². The highest BCUT2D eigenvalue weighted by molar-refractivity contribution is 5.35. The van der Waals surface area contributed by atoms with Crippen molar-refractivity contribution >= 4 is 5.82 Å². The zero-order valence-corrected chi connectivity index (χ0v) is 13.0. The van der Waals surface area contributed by atoms with Gasteiger partial charge in [0.2, 0.25) is 0 Å². The van der Waals surface area contributed by atoms with Gasteiger partial charge in [-0.15, -0.1) is 0 Å². The molecule has 1 N–H and O–H groups in total. The van der Waals surface area contributed by atoms with E-state index in [-0.39, 0.29) is 12.1 Å².